The van der Waals surface area contributed by atoms with Crippen LogP contribution in [0.2, 0.25) is 0 Å². The van der Waals surface area contributed by atoms with Crippen LogP contribution >= 0.6 is 12.4 Å². The second-order valence-corrected chi connectivity index (χ2v) is 5.25. The molecule has 8 heteroatoms. The average Bonchev–Trinajstić information content (AvgIpc) is 2.54. The Hall–Kier alpha value is -0.630. The Kier molecular flexibility index (Phi) is 6.69. The lowest BCUT2D eigenvalue weighted by Gasteiger charge is -2.05. The summed E-state index contributed by atoms with van der Waals surface area (Å²) < 4.78 is 31.0. The van der Waals surface area contributed by atoms with Crippen LogP contribution < -0.4 is 10.5 Å². The summed E-state index contributed by atoms with van der Waals surface area (Å²) in [4.78, 5) is 0.139. The Balaban J connectivity index is 0.00000256. The Labute approximate surface area is 107 Å². The molecule has 0 aliphatic rings. The molecule has 0 aliphatic heterocycles. The number of nitrogens with two attached hydrogens (primary N) is 1. The van der Waals surface area contributed by atoms with Crippen LogP contribution in [0.1, 0.15) is 24.3 Å². The van der Waals surface area contributed by atoms with E-state index in [1.165, 1.54) is 0 Å². The number of aryl methyl sites for hydroxylation is 2. The summed E-state index contributed by atoms with van der Waals surface area (Å²) in [5, 5.41) is 3.61. The fourth-order valence-electron chi connectivity index (χ4n) is 1.41. The van der Waals surface area contributed by atoms with Gasteiger partial charge in [0.05, 0.1) is 0 Å². The zero-order valence-electron chi connectivity index (χ0n) is 9.89. The number of unbranched alkanes of at least 4 members (excludes halogenated alkanes) is 1. The molecule has 1 heterocycles. The molecule has 1 aromatic rings. The molecule has 0 fully saturated rings. The summed E-state index contributed by atoms with van der Waals surface area (Å²) in [5.74, 6) is 0.309. The number of rotatable bonds is 6. The highest BCUT2D eigenvalue weighted by atomic mass is 35.5. The van der Waals surface area contributed by atoms with Gasteiger partial charge >= 0.3 is 0 Å². The number of nitrogens with zero attached hydrogens (tertiary/aromatic N) is 1. The number of halogens is 1. The van der Waals surface area contributed by atoms with Crippen LogP contribution in [0, 0.1) is 13.8 Å². The highest BCUT2D eigenvalue weighted by Crippen LogP contribution is 2.18. The van der Waals surface area contributed by atoms with E-state index < -0.39 is 10.0 Å². The number of hydrogen-bond donors (Lipinski definition) is 2. The maximum absolute atomic E-state index is 11.9. The fourth-order valence-corrected chi connectivity index (χ4v) is 2.81. The summed E-state index contributed by atoms with van der Waals surface area (Å²) in [5.41, 5.74) is 5.70. The van der Waals surface area contributed by atoms with E-state index >= 15 is 0 Å². The molecular weight excluding hydrogens is 266 g/mol. The van der Waals surface area contributed by atoms with Crippen molar-refractivity contribution in [2.45, 2.75) is 31.6 Å². The van der Waals surface area contributed by atoms with Gasteiger partial charge in [-0.05, 0) is 33.2 Å². The summed E-state index contributed by atoms with van der Waals surface area (Å²) >= 11 is 0. The highest BCUT2D eigenvalue weighted by Gasteiger charge is 2.23. The van der Waals surface area contributed by atoms with Crippen molar-refractivity contribution in [2.75, 3.05) is 13.1 Å². The predicted octanol–water partition coefficient (Wildman–Crippen LogP) is 0.730. The quantitative estimate of drug-likeness (QED) is 0.750. The Morgan fingerprint density at radius 3 is 2.47 bits per heavy atom. The van der Waals surface area contributed by atoms with Crippen molar-refractivity contribution in [2.24, 2.45) is 5.73 Å². The zero-order chi connectivity index (χ0) is 12.2. The van der Waals surface area contributed by atoms with Gasteiger partial charge in [-0.25, -0.2) is 13.1 Å². The Morgan fingerprint density at radius 1 is 1.35 bits per heavy atom. The number of sulfonamides is 1. The van der Waals surface area contributed by atoms with Gasteiger partial charge in [-0.2, -0.15) is 0 Å². The number of nitrogens with one attached hydrogen (secondary N) is 1. The van der Waals surface area contributed by atoms with Gasteiger partial charge in [0.1, 0.15) is 10.6 Å². The normalized spacial score (nSPS) is 11.2. The van der Waals surface area contributed by atoms with Gasteiger partial charge in [0.2, 0.25) is 10.0 Å². The minimum atomic E-state index is -3.51. The predicted molar refractivity (Wildman–Crippen MR) is 66.7 cm³/mol. The number of aromatic nitrogens is 1. The van der Waals surface area contributed by atoms with Crippen molar-refractivity contribution >= 4 is 22.4 Å². The van der Waals surface area contributed by atoms with Crippen LogP contribution in [0.5, 0.6) is 0 Å². The topological polar surface area (TPSA) is 98.2 Å². The molecule has 1 aromatic heterocycles. The molecule has 3 N–H and O–H groups in total. The molecule has 0 spiro atoms. The first-order valence-electron chi connectivity index (χ1n) is 5.11. The summed E-state index contributed by atoms with van der Waals surface area (Å²) in [6, 6.07) is 0. The lowest BCUT2D eigenvalue weighted by Crippen LogP contribution is -2.26. The summed E-state index contributed by atoms with van der Waals surface area (Å²) in [6.45, 7) is 4.12. The van der Waals surface area contributed by atoms with E-state index in [1.807, 2.05) is 0 Å². The minimum absolute atomic E-state index is 0. The summed E-state index contributed by atoms with van der Waals surface area (Å²) in [7, 11) is -3.51. The van der Waals surface area contributed by atoms with E-state index in [0.29, 0.717) is 24.5 Å². The molecular formula is C9H18ClN3O3S. The maximum atomic E-state index is 11.9. The third-order valence-corrected chi connectivity index (χ3v) is 3.86. The molecule has 0 amide bonds. The molecule has 1 rings (SSSR count). The van der Waals surface area contributed by atoms with E-state index in [0.717, 1.165) is 12.8 Å². The molecule has 0 unspecified atom stereocenters. The van der Waals surface area contributed by atoms with Crippen molar-refractivity contribution in [1.82, 2.24) is 9.88 Å². The Morgan fingerprint density at radius 2 is 2.00 bits per heavy atom. The van der Waals surface area contributed by atoms with Crippen molar-refractivity contribution in [3.05, 3.63) is 11.5 Å². The van der Waals surface area contributed by atoms with E-state index in [4.69, 9.17) is 10.3 Å². The van der Waals surface area contributed by atoms with Crippen LogP contribution in [-0.2, 0) is 10.0 Å². The monoisotopic (exact) mass is 283 g/mol. The van der Waals surface area contributed by atoms with Gasteiger partial charge in [-0.1, -0.05) is 5.16 Å². The van der Waals surface area contributed by atoms with E-state index in [-0.39, 0.29) is 17.3 Å². The molecule has 0 atom stereocenters. The molecule has 0 aromatic carbocycles. The van der Waals surface area contributed by atoms with Crippen molar-refractivity contribution in [3.8, 4) is 0 Å². The molecule has 6 nitrogen and oxygen atoms in total. The SMILES string of the molecule is Cc1noc(C)c1S(=O)(=O)NCCCCN.Cl. The molecule has 17 heavy (non-hydrogen) atoms. The molecule has 0 bridgehead atoms. The molecule has 0 radical (unpaired) electrons. The van der Waals surface area contributed by atoms with E-state index in [9.17, 15) is 8.42 Å². The van der Waals surface area contributed by atoms with Gasteiger partial charge in [-0.3, -0.25) is 0 Å². The average molecular weight is 284 g/mol. The maximum Gasteiger partial charge on any atom is 0.245 e. The zero-order valence-corrected chi connectivity index (χ0v) is 11.5. The van der Waals surface area contributed by atoms with Crippen molar-refractivity contribution in [3.63, 3.8) is 0 Å². The summed E-state index contributed by atoms with van der Waals surface area (Å²) in [6.07, 6.45) is 1.52. The third-order valence-electron chi connectivity index (χ3n) is 2.16. The third kappa shape index (κ3) is 4.27. The molecule has 0 saturated carbocycles. The molecule has 0 aliphatic carbocycles. The highest BCUT2D eigenvalue weighted by molar-refractivity contribution is 7.89. The first-order chi connectivity index (χ1) is 7.49. The van der Waals surface area contributed by atoms with Gasteiger partial charge < -0.3 is 10.3 Å². The van der Waals surface area contributed by atoms with Crippen LogP contribution in [0.25, 0.3) is 0 Å². The van der Waals surface area contributed by atoms with Gasteiger partial charge in [0.25, 0.3) is 0 Å². The van der Waals surface area contributed by atoms with Gasteiger partial charge in [0.15, 0.2) is 5.76 Å². The molecule has 0 saturated heterocycles. The largest absolute Gasteiger partial charge is 0.360 e. The standard InChI is InChI=1S/C9H17N3O3S.ClH/c1-7-9(8(2)15-12-7)16(13,14)11-6-4-3-5-10;/h11H,3-6,10H2,1-2H3;1H. The van der Waals surface area contributed by atoms with Crippen LogP contribution in [0.4, 0.5) is 0 Å². The van der Waals surface area contributed by atoms with E-state index in [1.54, 1.807) is 13.8 Å². The smallest absolute Gasteiger partial charge is 0.245 e. The second-order valence-electron chi connectivity index (χ2n) is 3.55. The van der Waals surface area contributed by atoms with Crippen LogP contribution in [0.3, 0.4) is 0 Å². The lowest BCUT2D eigenvalue weighted by molar-refractivity contribution is 0.390. The Bertz CT molecular complexity index is 425. The van der Waals surface area contributed by atoms with Crippen LogP contribution in [0.15, 0.2) is 9.42 Å². The van der Waals surface area contributed by atoms with Gasteiger partial charge in [0, 0.05) is 6.54 Å². The van der Waals surface area contributed by atoms with Crippen molar-refractivity contribution < 1.29 is 12.9 Å². The van der Waals surface area contributed by atoms with Gasteiger partial charge in [-0.15, -0.1) is 12.4 Å². The van der Waals surface area contributed by atoms with Crippen molar-refractivity contribution in [1.29, 1.82) is 0 Å². The van der Waals surface area contributed by atoms with Crippen LogP contribution in [-0.4, -0.2) is 26.7 Å². The second kappa shape index (κ2) is 6.95. The van der Waals surface area contributed by atoms with E-state index in [2.05, 4.69) is 9.88 Å². The number of hydrogen-bond acceptors (Lipinski definition) is 5. The first-order valence-corrected chi connectivity index (χ1v) is 6.60. The first kappa shape index (κ1) is 16.4. The minimum Gasteiger partial charge on any atom is -0.360 e. The lowest BCUT2D eigenvalue weighted by atomic mass is 10.3. The molecule has 100 valence electrons. The fraction of sp³-hybridized carbons (Fsp3) is 0.667.